The lowest BCUT2D eigenvalue weighted by molar-refractivity contribution is -0.385. The van der Waals surface area contributed by atoms with E-state index in [0.29, 0.717) is 24.1 Å². The molecule has 1 aromatic rings. The van der Waals surface area contributed by atoms with Crippen LogP contribution in [0.1, 0.15) is 24.8 Å². The van der Waals surface area contributed by atoms with Gasteiger partial charge in [-0.25, -0.2) is 4.98 Å². The molecule has 0 spiro atoms. The van der Waals surface area contributed by atoms with Crippen LogP contribution in [0.15, 0.2) is 12.3 Å². The molecule has 2 unspecified atom stereocenters. The second kappa shape index (κ2) is 5.52. The highest BCUT2D eigenvalue weighted by atomic mass is 16.6. The lowest BCUT2D eigenvalue weighted by Crippen LogP contribution is -2.38. The number of hydrogen-bond acceptors (Lipinski definition) is 5. The molecule has 6 heteroatoms. The molecule has 2 atom stereocenters. The molecule has 2 rings (SSSR count). The van der Waals surface area contributed by atoms with Crippen molar-refractivity contribution in [3.8, 4) is 0 Å². The van der Waals surface area contributed by atoms with Crippen molar-refractivity contribution in [1.29, 1.82) is 0 Å². The van der Waals surface area contributed by atoms with Gasteiger partial charge in [-0.15, -0.1) is 0 Å². The van der Waals surface area contributed by atoms with E-state index in [-0.39, 0.29) is 5.69 Å². The van der Waals surface area contributed by atoms with Crippen molar-refractivity contribution in [1.82, 2.24) is 4.98 Å². The average molecular weight is 264 g/mol. The van der Waals surface area contributed by atoms with Gasteiger partial charge >= 0.3 is 0 Å². The molecule has 19 heavy (non-hydrogen) atoms. The van der Waals surface area contributed by atoms with Crippen LogP contribution < -0.4 is 10.6 Å². The fourth-order valence-corrected chi connectivity index (χ4v) is 2.89. The minimum Gasteiger partial charge on any atom is -0.356 e. The number of aromatic nitrogens is 1. The van der Waals surface area contributed by atoms with Gasteiger partial charge in [-0.3, -0.25) is 10.1 Å². The lowest BCUT2D eigenvalue weighted by atomic mass is 10.0. The SMILES string of the molecule is Cc1cc(N(C)C2CCCC2CN)ncc1[N+](=O)[O-]. The summed E-state index contributed by atoms with van der Waals surface area (Å²) in [4.78, 5) is 16.7. The van der Waals surface area contributed by atoms with Gasteiger partial charge in [0.1, 0.15) is 12.0 Å². The van der Waals surface area contributed by atoms with Gasteiger partial charge in [-0.1, -0.05) is 6.42 Å². The summed E-state index contributed by atoms with van der Waals surface area (Å²) in [5, 5.41) is 10.8. The van der Waals surface area contributed by atoms with Crippen molar-refractivity contribution in [3.05, 3.63) is 27.9 Å². The third-order valence-electron chi connectivity index (χ3n) is 4.05. The summed E-state index contributed by atoms with van der Waals surface area (Å²) in [6, 6.07) is 2.17. The van der Waals surface area contributed by atoms with Crippen LogP contribution in [0, 0.1) is 23.0 Å². The number of nitro groups is 1. The fourth-order valence-electron chi connectivity index (χ4n) is 2.89. The number of nitrogens with two attached hydrogens (primary N) is 1. The maximum Gasteiger partial charge on any atom is 0.290 e. The van der Waals surface area contributed by atoms with Gasteiger partial charge in [0.15, 0.2) is 0 Å². The quantitative estimate of drug-likeness (QED) is 0.662. The first kappa shape index (κ1) is 13.7. The smallest absolute Gasteiger partial charge is 0.290 e. The zero-order valence-electron chi connectivity index (χ0n) is 11.4. The molecule has 0 aromatic carbocycles. The summed E-state index contributed by atoms with van der Waals surface area (Å²) in [6.07, 6.45) is 4.78. The Balaban J connectivity index is 2.22. The van der Waals surface area contributed by atoms with Gasteiger partial charge in [0.2, 0.25) is 0 Å². The Morgan fingerprint density at radius 3 is 2.89 bits per heavy atom. The van der Waals surface area contributed by atoms with Crippen molar-refractivity contribution in [2.75, 3.05) is 18.5 Å². The molecule has 1 heterocycles. The third-order valence-corrected chi connectivity index (χ3v) is 4.05. The van der Waals surface area contributed by atoms with Crippen molar-refractivity contribution < 1.29 is 4.92 Å². The van der Waals surface area contributed by atoms with E-state index < -0.39 is 4.92 Å². The molecule has 1 fully saturated rings. The predicted octanol–water partition coefficient (Wildman–Crippen LogP) is 1.86. The number of pyridine rings is 1. The van der Waals surface area contributed by atoms with Gasteiger partial charge in [0, 0.05) is 18.7 Å². The number of hydrogen-bond donors (Lipinski definition) is 1. The first-order chi connectivity index (χ1) is 9.04. The average Bonchev–Trinajstić information content (AvgIpc) is 2.85. The normalized spacial score (nSPS) is 22.5. The molecule has 0 radical (unpaired) electrons. The van der Waals surface area contributed by atoms with E-state index in [2.05, 4.69) is 9.88 Å². The van der Waals surface area contributed by atoms with Crippen LogP contribution in [-0.4, -0.2) is 29.5 Å². The highest BCUT2D eigenvalue weighted by molar-refractivity contribution is 5.49. The Labute approximate surface area is 112 Å². The zero-order chi connectivity index (χ0) is 14.0. The minimum absolute atomic E-state index is 0.0685. The van der Waals surface area contributed by atoms with Crippen molar-refractivity contribution in [2.45, 2.75) is 32.2 Å². The second-order valence-electron chi connectivity index (χ2n) is 5.19. The fraction of sp³-hybridized carbons (Fsp3) is 0.615. The number of aryl methyl sites for hydroxylation is 1. The molecule has 1 aliphatic rings. The summed E-state index contributed by atoms with van der Waals surface area (Å²) in [7, 11) is 1.99. The summed E-state index contributed by atoms with van der Waals surface area (Å²) >= 11 is 0. The zero-order valence-corrected chi connectivity index (χ0v) is 11.4. The molecular weight excluding hydrogens is 244 g/mol. The Morgan fingerprint density at radius 1 is 1.58 bits per heavy atom. The monoisotopic (exact) mass is 264 g/mol. The standard InChI is InChI=1S/C13H20N4O2/c1-9-6-13(15-8-12(9)17(18)19)16(2)11-5-3-4-10(11)7-14/h6,8,10-11H,3-5,7,14H2,1-2H3. The van der Waals surface area contributed by atoms with Crippen LogP contribution >= 0.6 is 0 Å². The third kappa shape index (κ3) is 2.68. The second-order valence-corrected chi connectivity index (χ2v) is 5.19. The molecule has 0 bridgehead atoms. The van der Waals surface area contributed by atoms with E-state index >= 15 is 0 Å². The molecule has 0 aliphatic heterocycles. The van der Waals surface area contributed by atoms with Crippen LogP contribution in [0.2, 0.25) is 0 Å². The Bertz CT molecular complexity index is 478. The van der Waals surface area contributed by atoms with Gasteiger partial charge in [-0.05, 0) is 38.3 Å². The Kier molecular flexibility index (Phi) is 3.99. The van der Waals surface area contributed by atoms with E-state index in [1.54, 1.807) is 13.0 Å². The molecule has 0 amide bonds. The van der Waals surface area contributed by atoms with Crippen molar-refractivity contribution in [2.24, 2.45) is 11.7 Å². The van der Waals surface area contributed by atoms with Gasteiger partial charge in [0.25, 0.3) is 5.69 Å². The summed E-state index contributed by atoms with van der Waals surface area (Å²) in [6.45, 7) is 2.42. The van der Waals surface area contributed by atoms with Crippen LogP contribution in [0.5, 0.6) is 0 Å². The van der Waals surface area contributed by atoms with Gasteiger partial charge in [-0.2, -0.15) is 0 Å². The molecule has 1 aliphatic carbocycles. The Morgan fingerprint density at radius 2 is 2.32 bits per heavy atom. The van der Waals surface area contributed by atoms with Crippen LogP contribution in [-0.2, 0) is 0 Å². The maximum atomic E-state index is 10.8. The Hall–Kier alpha value is -1.69. The van der Waals surface area contributed by atoms with E-state index in [1.165, 1.54) is 12.6 Å². The highest BCUT2D eigenvalue weighted by Gasteiger charge is 2.30. The number of rotatable bonds is 4. The molecule has 1 saturated carbocycles. The van der Waals surface area contributed by atoms with E-state index in [9.17, 15) is 10.1 Å². The molecule has 0 saturated heterocycles. The predicted molar refractivity (Wildman–Crippen MR) is 74.2 cm³/mol. The van der Waals surface area contributed by atoms with E-state index in [4.69, 9.17) is 5.73 Å². The maximum absolute atomic E-state index is 10.8. The lowest BCUT2D eigenvalue weighted by Gasteiger charge is -2.30. The summed E-state index contributed by atoms with van der Waals surface area (Å²) in [5.41, 5.74) is 6.51. The summed E-state index contributed by atoms with van der Waals surface area (Å²) in [5.74, 6) is 1.27. The first-order valence-corrected chi connectivity index (χ1v) is 6.58. The van der Waals surface area contributed by atoms with E-state index in [1.807, 2.05) is 7.05 Å². The highest BCUT2D eigenvalue weighted by Crippen LogP contribution is 2.31. The topological polar surface area (TPSA) is 85.3 Å². The summed E-state index contributed by atoms with van der Waals surface area (Å²) < 4.78 is 0. The van der Waals surface area contributed by atoms with Crippen LogP contribution in [0.25, 0.3) is 0 Å². The van der Waals surface area contributed by atoms with Crippen molar-refractivity contribution in [3.63, 3.8) is 0 Å². The minimum atomic E-state index is -0.398. The van der Waals surface area contributed by atoms with E-state index in [0.717, 1.165) is 18.7 Å². The molecule has 104 valence electrons. The van der Waals surface area contributed by atoms with Gasteiger partial charge < -0.3 is 10.6 Å². The largest absolute Gasteiger partial charge is 0.356 e. The molecule has 1 aromatic heterocycles. The van der Waals surface area contributed by atoms with Crippen molar-refractivity contribution >= 4 is 11.5 Å². The number of anilines is 1. The van der Waals surface area contributed by atoms with Crippen LogP contribution in [0.3, 0.4) is 0 Å². The molecule has 6 nitrogen and oxygen atoms in total. The van der Waals surface area contributed by atoms with Crippen LogP contribution in [0.4, 0.5) is 11.5 Å². The molecular formula is C13H20N4O2. The first-order valence-electron chi connectivity index (χ1n) is 6.58. The van der Waals surface area contributed by atoms with Gasteiger partial charge in [0.05, 0.1) is 4.92 Å². The molecule has 2 N–H and O–H groups in total. The number of nitrogens with zero attached hydrogens (tertiary/aromatic N) is 3.